The molecule has 2 aromatic heterocycles. The molecule has 0 bridgehead atoms. The van der Waals surface area contributed by atoms with Gasteiger partial charge >= 0.3 is 5.97 Å². The first-order valence-corrected chi connectivity index (χ1v) is 9.40. The number of piperidine rings is 1. The molecule has 0 atom stereocenters. The molecule has 1 saturated carbocycles. The SMILES string of the molecule is COC(=O)C1CCN(C(=O)C2(c3cc(-c4cccs4)on3)CC2)CC1. The van der Waals surface area contributed by atoms with Crippen LogP contribution in [0.4, 0.5) is 0 Å². The maximum absolute atomic E-state index is 13.1. The van der Waals surface area contributed by atoms with Crippen LogP contribution >= 0.6 is 11.3 Å². The van der Waals surface area contributed by atoms with Crippen LogP contribution in [0.5, 0.6) is 0 Å². The van der Waals surface area contributed by atoms with E-state index in [2.05, 4.69) is 5.16 Å². The van der Waals surface area contributed by atoms with Crippen molar-refractivity contribution >= 4 is 23.2 Å². The maximum Gasteiger partial charge on any atom is 0.308 e. The lowest BCUT2D eigenvalue weighted by atomic mass is 9.94. The molecule has 1 saturated heterocycles. The van der Waals surface area contributed by atoms with Gasteiger partial charge in [0, 0.05) is 19.2 Å². The fourth-order valence-corrected chi connectivity index (χ4v) is 4.20. The van der Waals surface area contributed by atoms with E-state index in [1.807, 2.05) is 28.5 Å². The number of esters is 1. The average molecular weight is 360 g/mol. The number of amides is 1. The van der Waals surface area contributed by atoms with E-state index in [9.17, 15) is 9.59 Å². The number of methoxy groups -OCH3 is 1. The first-order valence-electron chi connectivity index (χ1n) is 8.52. The average Bonchev–Trinajstić information content (AvgIpc) is 3.06. The van der Waals surface area contributed by atoms with E-state index in [1.54, 1.807) is 11.3 Å². The molecule has 25 heavy (non-hydrogen) atoms. The Bertz CT molecular complexity index is 771. The molecule has 2 aliphatic rings. The van der Waals surface area contributed by atoms with E-state index in [4.69, 9.17) is 9.26 Å². The number of hydrogen-bond acceptors (Lipinski definition) is 6. The van der Waals surface area contributed by atoms with Gasteiger partial charge in [-0.15, -0.1) is 11.3 Å². The number of hydrogen-bond donors (Lipinski definition) is 0. The summed E-state index contributed by atoms with van der Waals surface area (Å²) in [5, 5.41) is 6.18. The van der Waals surface area contributed by atoms with Crippen molar-refractivity contribution in [3.05, 3.63) is 29.3 Å². The van der Waals surface area contributed by atoms with Crippen LogP contribution in [0, 0.1) is 5.92 Å². The Hall–Kier alpha value is -2.15. The standard InChI is InChI=1S/C18H20N2O4S/c1-23-16(21)12-4-8-20(9-5-12)17(22)18(6-7-18)15-11-13(24-19-15)14-3-2-10-25-14/h2-3,10-12H,4-9H2,1H3. The molecule has 132 valence electrons. The molecule has 4 rings (SSSR count). The van der Waals surface area contributed by atoms with E-state index in [1.165, 1.54) is 7.11 Å². The second-order valence-corrected chi connectivity index (χ2v) is 7.67. The van der Waals surface area contributed by atoms with E-state index >= 15 is 0 Å². The molecule has 6 nitrogen and oxygen atoms in total. The Morgan fingerprint density at radius 1 is 1.36 bits per heavy atom. The summed E-state index contributed by atoms with van der Waals surface area (Å²) in [6.45, 7) is 1.19. The van der Waals surface area contributed by atoms with Crippen molar-refractivity contribution in [2.24, 2.45) is 5.92 Å². The van der Waals surface area contributed by atoms with Crippen LogP contribution in [-0.4, -0.2) is 42.1 Å². The van der Waals surface area contributed by atoms with Crippen LogP contribution in [0.1, 0.15) is 31.4 Å². The Kier molecular flexibility index (Phi) is 4.11. The minimum Gasteiger partial charge on any atom is -0.469 e. The fraction of sp³-hybridized carbons (Fsp3) is 0.500. The Morgan fingerprint density at radius 2 is 2.12 bits per heavy atom. The minimum atomic E-state index is -0.531. The molecule has 0 spiro atoms. The molecule has 2 fully saturated rings. The van der Waals surface area contributed by atoms with Crippen molar-refractivity contribution in [2.45, 2.75) is 31.1 Å². The monoisotopic (exact) mass is 360 g/mol. The van der Waals surface area contributed by atoms with Gasteiger partial charge in [-0.1, -0.05) is 11.2 Å². The number of carbonyl (C=O) groups excluding carboxylic acids is 2. The van der Waals surface area contributed by atoms with Crippen LogP contribution in [0.2, 0.25) is 0 Å². The van der Waals surface area contributed by atoms with Gasteiger partial charge < -0.3 is 14.2 Å². The van der Waals surface area contributed by atoms with E-state index in [-0.39, 0.29) is 17.8 Å². The van der Waals surface area contributed by atoms with Crippen molar-refractivity contribution in [2.75, 3.05) is 20.2 Å². The fourth-order valence-electron chi connectivity index (χ4n) is 3.53. The molecule has 1 aliphatic carbocycles. The lowest BCUT2D eigenvalue weighted by Crippen LogP contribution is -2.45. The van der Waals surface area contributed by atoms with Gasteiger partial charge in [0.05, 0.1) is 29.0 Å². The first kappa shape index (κ1) is 16.3. The molecule has 0 unspecified atom stereocenters. The topological polar surface area (TPSA) is 72.6 Å². The second-order valence-electron chi connectivity index (χ2n) is 6.73. The Morgan fingerprint density at radius 3 is 2.72 bits per heavy atom. The van der Waals surface area contributed by atoms with Gasteiger partial charge in [0.25, 0.3) is 0 Å². The quantitative estimate of drug-likeness (QED) is 0.784. The highest BCUT2D eigenvalue weighted by Gasteiger charge is 2.55. The highest BCUT2D eigenvalue weighted by Crippen LogP contribution is 2.50. The van der Waals surface area contributed by atoms with Gasteiger partial charge in [0.15, 0.2) is 5.76 Å². The highest BCUT2D eigenvalue weighted by atomic mass is 32.1. The van der Waals surface area contributed by atoms with Gasteiger partial charge in [0.1, 0.15) is 0 Å². The van der Waals surface area contributed by atoms with Crippen LogP contribution in [0.15, 0.2) is 28.1 Å². The molecule has 0 N–H and O–H groups in total. The van der Waals surface area contributed by atoms with Gasteiger partial charge in [-0.05, 0) is 37.1 Å². The summed E-state index contributed by atoms with van der Waals surface area (Å²) in [6.07, 6.45) is 2.93. The summed E-state index contributed by atoms with van der Waals surface area (Å²) in [4.78, 5) is 27.6. The maximum atomic E-state index is 13.1. The summed E-state index contributed by atoms with van der Waals surface area (Å²) in [6, 6.07) is 5.84. The normalized spacial score (nSPS) is 19.6. The molecule has 3 heterocycles. The number of carbonyl (C=O) groups is 2. The summed E-state index contributed by atoms with van der Waals surface area (Å²) < 4.78 is 10.3. The highest BCUT2D eigenvalue weighted by molar-refractivity contribution is 7.13. The molecular weight excluding hydrogens is 340 g/mol. The molecule has 0 radical (unpaired) electrons. The molecule has 2 aromatic rings. The lowest BCUT2D eigenvalue weighted by molar-refractivity contribution is -0.149. The third-order valence-electron chi connectivity index (χ3n) is 5.24. The largest absolute Gasteiger partial charge is 0.469 e. The van der Waals surface area contributed by atoms with Crippen molar-refractivity contribution in [3.63, 3.8) is 0 Å². The van der Waals surface area contributed by atoms with Crippen molar-refractivity contribution in [1.29, 1.82) is 0 Å². The van der Waals surface area contributed by atoms with Crippen LogP contribution in [-0.2, 0) is 19.7 Å². The van der Waals surface area contributed by atoms with E-state index < -0.39 is 5.41 Å². The van der Waals surface area contributed by atoms with Crippen LogP contribution < -0.4 is 0 Å². The summed E-state index contributed by atoms with van der Waals surface area (Å²) in [5.74, 6) is 0.558. The zero-order chi connectivity index (χ0) is 17.4. The smallest absolute Gasteiger partial charge is 0.308 e. The Labute approximate surface area is 149 Å². The summed E-state index contributed by atoms with van der Waals surface area (Å²) in [5.41, 5.74) is 0.202. The molecule has 0 aromatic carbocycles. The predicted octanol–water partition coefficient (Wildman–Crippen LogP) is 2.85. The van der Waals surface area contributed by atoms with Gasteiger partial charge in [-0.25, -0.2) is 0 Å². The van der Waals surface area contributed by atoms with E-state index in [0.29, 0.717) is 31.7 Å². The lowest BCUT2D eigenvalue weighted by Gasteiger charge is -2.32. The molecule has 7 heteroatoms. The number of ether oxygens (including phenoxy) is 1. The van der Waals surface area contributed by atoms with Crippen molar-refractivity contribution < 1.29 is 18.8 Å². The van der Waals surface area contributed by atoms with Crippen LogP contribution in [0.3, 0.4) is 0 Å². The molecule has 1 amide bonds. The summed E-state index contributed by atoms with van der Waals surface area (Å²) >= 11 is 1.59. The minimum absolute atomic E-state index is 0.0957. The van der Waals surface area contributed by atoms with Gasteiger partial charge in [-0.2, -0.15) is 0 Å². The summed E-state index contributed by atoms with van der Waals surface area (Å²) in [7, 11) is 1.41. The second kappa shape index (κ2) is 6.29. The predicted molar refractivity (Wildman–Crippen MR) is 92.0 cm³/mol. The number of nitrogens with zero attached hydrogens (tertiary/aromatic N) is 2. The third kappa shape index (κ3) is 2.86. The molecule has 1 aliphatic heterocycles. The first-order chi connectivity index (χ1) is 12.1. The van der Waals surface area contributed by atoms with Gasteiger partial charge in [0.2, 0.25) is 5.91 Å². The number of likely N-dealkylation sites (tertiary alicyclic amines) is 1. The van der Waals surface area contributed by atoms with Crippen molar-refractivity contribution in [3.8, 4) is 10.6 Å². The zero-order valence-corrected chi connectivity index (χ0v) is 14.9. The van der Waals surface area contributed by atoms with Crippen LogP contribution in [0.25, 0.3) is 10.6 Å². The number of thiophene rings is 1. The number of rotatable bonds is 4. The Balaban J connectivity index is 1.46. The van der Waals surface area contributed by atoms with Gasteiger partial charge in [-0.3, -0.25) is 9.59 Å². The third-order valence-corrected chi connectivity index (χ3v) is 6.12. The zero-order valence-electron chi connectivity index (χ0n) is 14.1. The van der Waals surface area contributed by atoms with E-state index in [0.717, 1.165) is 23.4 Å². The van der Waals surface area contributed by atoms with Crippen molar-refractivity contribution in [1.82, 2.24) is 10.1 Å². The molecular formula is C18H20N2O4S. The number of aromatic nitrogens is 1.